The van der Waals surface area contributed by atoms with Crippen molar-refractivity contribution in [3.8, 4) is 0 Å². The fourth-order valence-corrected chi connectivity index (χ4v) is 4.06. The van der Waals surface area contributed by atoms with E-state index < -0.39 is 0 Å². The molecule has 0 fully saturated rings. The Morgan fingerprint density at radius 1 is 1.24 bits per heavy atom. The standard InChI is InChI=1S/C24H26FN3O/c1-2-28(24(29)11-8-18-5-3-6-20(25)15-18)22-10-9-19-12-14-27(23(19)16-22)17-21-7-4-13-26-21/h3,5-7,9-10,13,15-16H,2,4,8,11-12,14,17H2,1H3. The second kappa shape index (κ2) is 8.60. The lowest BCUT2D eigenvalue weighted by molar-refractivity contribution is -0.118. The number of allylic oxidation sites excluding steroid dienone is 1. The Hall–Kier alpha value is -2.95. The molecular formula is C24H26FN3O. The van der Waals surface area contributed by atoms with E-state index in [0.717, 1.165) is 42.9 Å². The summed E-state index contributed by atoms with van der Waals surface area (Å²) in [6.45, 7) is 4.39. The summed E-state index contributed by atoms with van der Waals surface area (Å²) in [4.78, 5) is 21.5. The average molecular weight is 391 g/mol. The molecule has 0 radical (unpaired) electrons. The molecule has 2 aromatic rings. The maximum Gasteiger partial charge on any atom is 0.227 e. The smallest absolute Gasteiger partial charge is 0.227 e. The Bertz CT molecular complexity index is 966. The maximum atomic E-state index is 13.4. The molecular weight excluding hydrogens is 365 g/mol. The zero-order valence-corrected chi connectivity index (χ0v) is 16.8. The molecule has 0 aromatic heterocycles. The number of rotatable bonds is 7. The third-order valence-corrected chi connectivity index (χ3v) is 5.58. The first-order valence-electron chi connectivity index (χ1n) is 10.3. The van der Waals surface area contributed by atoms with E-state index in [4.69, 9.17) is 0 Å². The van der Waals surface area contributed by atoms with E-state index in [1.807, 2.05) is 30.2 Å². The Labute approximate surface area is 171 Å². The fraction of sp³-hybridized carbons (Fsp3) is 0.333. The maximum absolute atomic E-state index is 13.4. The highest BCUT2D eigenvalue weighted by Crippen LogP contribution is 2.33. The first-order valence-corrected chi connectivity index (χ1v) is 10.3. The van der Waals surface area contributed by atoms with Gasteiger partial charge in [0, 0.05) is 43.5 Å². The van der Waals surface area contributed by atoms with Gasteiger partial charge in [0.2, 0.25) is 5.91 Å². The SMILES string of the molecule is CCN(C(=O)CCc1cccc(F)c1)c1ccc2c(c1)N(CC1=CCC=N1)CC2. The molecule has 0 saturated heterocycles. The van der Waals surface area contributed by atoms with Crippen LogP contribution in [0.4, 0.5) is 15.8 Å². The second-order valence-electron chi connectivity index (χ2n) is 7.50. The van der Waals surface area contributed by atoms with Crippen LogP contribution in [0, 0.1) is 5.82 Å². The summed E-state index contributed by atoms with van der Waals surface area (Å²) in [7, 11) is 0. The summed E-state index contributed by atoms with van der Waals surface area (Å²) in [5, 5.41) is 0. The van der Waals surface area contributed by atoms with Gasteiger partial charge in [-0.3, -0.25) is 9.79 Å². The Morgan fingerprint density at radius 3 is 2.90 bits per heavy atom. The predicted octanol–water partition coefficient (Wildman–Crippen LogP) is 4.53. The number of fused-ring (bicyclic) bond motifs is 1. The number of carbonyl (C=O) groups excluding carboxylic acids is 1. The summed E-state index contributed by atoms with van der Waals surface area (Å²) in [6, 6.07) is 12.8. The van der Waals surface area contributed by atoms with E-state index in [1.165, 1.54) is 23.4 Å². The van der Waals surface area contributed by atoms with Crippen molar-refractivity contribution >= 4 is 23.5 Å². The summed E-state index contributed by atoms with van der Waals surface area (Å²) in [6.07, 6.45) is 6.94. The van der Waals surface area contributed by atoms with Crippen LogP contribution in [0.2, 0.25) is 0 Å². The van der Waals surface area contributed by atoms with Gasteiger partial charge in [0.05, 0.1) is 12.2 Å². The van der Waals surface area contributed by atoms with Gasteiger partial charge in [-0.2, -0.15) is 0 Å². The first-order chi connectivity index (χ1) is 14.1. The van der Waals surface area contributed by atoms with Gasteiger partial charge in [-0.05, 0) is 55.2 Å². The number of benzene rings is 2. The van der Waals surface area contributed by atoms with E-state index in [0.29, 0.717) is 19.4 Å². The van der Waals surface area contributed by atoms with Crippen LogP contribution >= 0.6 is 0 Å². The summed E-state index contributed by atoms with van der Waals surface area (Å²) in [5.41, 5.74) is 5.40. The van der Waals surface area contributed by atoms with Crippen molar-refractivity contribution in [2.75, 3.05) is 29.4 Å². The van der Waals surface area contributed by atoms with Crippen molar-refractivity contribution < 1.29 is 9.18 Å². The largest absolute Gasteiger partial charge is 0.365 e. The van der Waals surface area contributed by atoms with E-state index in [1.54, 1.807) is 6.07 Å². The molecule has 1 amide bonds. The highest BCUT2D eigenvalue weighted by molar-refractivity contribution is 5.94. The van der Waals surface area contributed by atoms with Gasteiger partial charge in [0.25, 0.3) is 0 Å². The summed E-state index contributed by atoms with van der Waals surface area (Å²) in [5.74, 6) is -0.202. The fourth-order valence-electron chi connectivity index (χ4n) is 4.06. The van der Waals surface area contributed by atoms with Crippen LogP contribution in [0.15, 0.2) is 59.2 Å². The molecule has 0 atom stereocenters. The summed E-state index contributed by atoms with van der Waals surface area (Å²) >= 11 is 0. The first kappa shape index (κ1) is 19.4. The Morgan fingerprint density at radius 2 is 2.14 bits per heavy atom. The monoisotopic (exact) mass is 391 g/mol. The lowest BCUT2D eigenvalue weighted by Crippen LogP contribution is -2.31. The normalized spacial score (nSPS) is 14.8. The lowest BCUT2D eigenvalue weighted by Gasteiger charge is -2.24. The zero-order chi connectivity index (χ0) is 20.2. The number of anilines is 2. The molecule has 0 saturated carbocycles. The van der Waals surface area contributed by atoms with Gasteiger partial charge in [0.1, 0.15) is 5.82 Å². The van der Waals surface area contributed by atoms with Crippen LogP contribution in [0.25, 0.3) is 0 Å². The number of aryl methyl sites for hydroxylation is 1. The molecule has 2 aliphatic rings. The van der Waals surface area contributed by atoms with E-state index in [9.17, 15) is 9.18 Å². The second-order valence-corrected chi connectivity index (χ2v) is 7.50. The molecule has 4 rings (SSSR count). The molecule has 0 spiro atoms. The van der Waals surface area contributed by atoms with Crippen LogP contribution in [0.3, 0.4) is 0 Å². The molecule has 150 valence electrons. The number of nitrogens with zero attached hydrogens (tertiary/aromatic N) is 3. The van der Waals surface area contributed by atoms with Gasteiger partial charge in [0.15, 0.2) is 0 Å². The molecule has 0 unspecified atom stereocenters. The van der Waals surface area contributed by atoms with Crippen molar-refractivity contribution in [2.45, 2.75) is 32.6 Å². The number of aliphatic imine (C=N–C) groups is 1. The Balaban J connectivity index is 1.47. The predicted molar refractivity (Wildman–Crippen MR) is 116 cm³/mol. The minimum absolute atomic E-state index is 0.0596. The van der Waals surface area contributed by atoms with Crippen molar-refractivity contribution in [1.29, 1.82) is 0 Å². The highest BCUT2D eigenvalue weighted by atomic mass is 19.1. The van der Waals surface area contributed by atoms with Crippen LogP contribution in [-0.4, -0.2) is 31.8 Å². The Kier molecular flexibility index (Phi) is 5.74. The quantitative estimate of drug-likeness (QED) is 0.695. The third-order valence-electron chi connectivity index (χ3n) is 5.58. The van der Waals surface area contributed by atoms with Crippen molar-refractivity contribution in [3.63, 3.8) is 0 Å². The van der Waals surface area contributed by atoms with Crippen molar-refractivity contribution in [2.24, 2.45) is 4.99 Å². The number of hydrogen-bond acceptors (Lipinski definition) is 3. The topological polar surface area (TPSA) is 35.9 Å². The van der Waals surface area contributed by atoms with Crippen LogP contribution < -0.4 is 9.80 Å². The van der Waals surface area contributed by atoms with Crippen LogP contribution in [0.1, 0.15) is 30.9 Å². The minimum atomic E-state index is -0.261. The van der Waals surface area contributed by atoms with Gasteiger partial charge in [-0.15, -0.1) is 0 Å². The number of hydrogen-bond donors (Lipinski definition) is 0. The molecule has 4 nitrogen and oxygen atoms in total. The van der Waals surface area contributed by atoms with E-state index in [2.05, 4.69) is 28.1 Å². The van der Waals surface area contributed by atoms with Crippen LogP contribution in [0.5, 0.6) is 0 Å². The van der Waals surface area contributed by atoms with E-state index >= 15 is 0 Å². The van der Waals surface area contributed by atoms with Crippen LogP contribution in [-0.2, 0) is 17.6 Å². The van der Waals surface area contributed by atoms with Gasteiger partial charge < -0.3 is 9.80 Å². The van der Waals surface area contributed by atoms with Gasteiger partial charge in [-0.25, -0.2) is 4.39 Å². The number of carbonyl (C=O) groups is 1. The highest BCUT2D eigenvalue weighted by Gasteiger charge is 2.23. The molecule has 2 heterocycles. The molecule has 29 heavy (non-hydrogen) atoms. The number of halogens is 1. The number of amides is 1. The zero-order valence-electron chi connectivity index (χ0n) is 16.8. The van der Waals surface area contributed by atoms with Gasteiger partial charge >= 0.3 is 0 Å². The van der Waals surface area contributed by atoms with Crippen molar-refractivity contribution in [3.05, 3.63) is 71.2 Å². The third kappa shape index (κ3) is 4.39. The molecule has 2 aromatic carbocycles. The molecule has 0 bridgehead atoms. The van der Waals surface area contributed by atoms with Gasteiger partial charge in [-0.1, -0.05) is 24.3 Å². The van der Waals surface area contributed by atoms with Crippen molar-refractivity contribution in [1.82, 2.24) is 0 Å². The minimum Gasteiger partial charge on any atom is -0.365 e. The molecule has 0 aliphatic carbocycles. The lowest BCUT2D eigenvalue weighted by atomic mass is 10.1. The molecule has 2 aliphatic heterocycles. The van der Waals surface area contributed by atoms with E-state index in [-0.39, 0.29) is 11.7 Å². The average Bonchev–Trinajstić information content (AvgIpc) is 3.38. The summed E-state index contributed by atoms with van der Waals surface area (Å²) < 4.78 is 13.4. The molecule has 5 heteroatoms. The molecule has 0 N–H and O–H groups in total.